The summed E-state index contributed by atoms with van der Waals surface area (Å²) in [5, 5.41) is 3.42. The molecule has 0 aromatic rings. The van der Waals surface area contributed by atoms with Crippen molar-refractivity contribution >= 4 is 5.91 Å². The molecule has 0 radical (unpaired) electrons. The number of carbonyl (C=O) groups excluding carboxylic acids is 1. The van der Waals surface area contributed by atoms with Crippen molar-refractivity contribution in [3.8, 4) is 0 Å². The van der Waals surface area contributed by atoms with Crippen LogP contribution in [0.3, 0.4) is 0 Å². The van der Waals surface area contributed by atoms with Gasteiger partial charge < -0.3 is 5.32 Å². The third-order valence-electron chi connectivity index (χ3n) is 4.89. The molecule has 90 valence electrons. The highest BCUT2D eigenvalue weighted by atomic mass is 16.2. The molecule has 0 heterocycles. The maximum Gasteiger partial charge on any atom is 0.247 e. The van der Waals surface area contributed by atoms with Crippen LogP contribution in [0.15, 0.2) is 0 Å². The molecular formula is C12H21N3O. The molecule has 0 saturated heterocycles. The number of nitrogens with two attached hydrogens (primary N) is 1. The van der Waals surface area contributed by atoms with E-state index in [1.807, 2.05) is 0 Å². The summed E-state index contributed by atoms with van der Waals surface area (Å²) < 4.78 is 0. The topological polar surface area (TPSA) is 67.1 Å². The van der Waals surface area contributed by atoms with Gasteiger partial charge in [-0.1, -0.05) is 0 Å². The molecule has 0 unspecified atom stereocenters. The fraction of sp³-hybridized carbons (Fsp3) is 0.917. The molecule has 0 spiro atoms. The van der Waals surface area contributed by atoms with E-state index in [4.69, 9.17) is 5.84 Å². The van der Waals surface area contributed by atoms with E-state index < -0.39 is 0 Å². The van der Waals surface area contributed by atoms with Gasteiger partial charge in [-0.05, 0) is 55.8 Å². The van der Waals surface area contributed by atoms with Gasteiger partial charge in [-0.25, -0.2) is 5.84 Å². The molecule has 4 fully saturated rings. The molecule has 0 aromatic carbocycles. The molecule has 0 aromatic heterocycles. The SMILES string of the molecule is NNC(=O)CNC1C2CC3CC(C2)CC1C3. The van der Waals surface area contributed by atoms with Crippen LogP contribution in [-0.2, 0) is 4.79 Å². The first-order valence-electron chi connectivity index (χ1n) is 6.49. The standard InChI is InChI=1S/C12H21N3O/c13-15-11(16)6-14-12-9-2-7-1-8(4-9)5-10(12)3-7/h7-10,12,14H,1-6,13H2,(H,15,16). The van der Waals surface area contributed by atoms with Crippen molar-refractivity contribution in [2.75, 3.05) is 6.54 Å². The summed E-state index contributed by atoms with van der Waals surface area (Å²) in [5.41, 5.74) is 2.19. The minimum Gasteiger partial charge on any atom is -0.305 e. The summed E-state index contributed by atoms with van der Waals surface area (Å²) in [6.07, 6.45) is 7.01. The molecule has 4 saturated carbocycles. The van der Waals surface area contributed by atoms with Crippen molar-refractivity contribution in [1.82, 2.24) is 10.7 Å². The minimum atomic E-state index is -0.103. The highest BCUT2D eigenvalue weighted by molar-refractivity contribution is 5.77. The first-order chi connectivity index (χ1) is 7.76. The van der Waals surface area contributed by atoms with Gasteiger partial charge in [-0.3, -0.25) is 10.2 Å². The molecular weight excluding hydrogens is 202 g/mol. The van der Waals surface area contributed by atoms with Gasteiger partial charge in [0.25, 0.3) is 0 Å². The monoisotopic (exact) mass is 223 g/mol. The van der Waals surface area contributed by atoms with Crippen molar-refractivity contribution < 1.29 is 4.79 Å². The molecule has 16 heavy (non-hydrogen) atoms. The van der Waals surface area contributed by atoms with Gasteiger partial charge >= 0.3 is 0 Å². The van der Waals surface area contributed by atoms with Gasteiger partial charge in [-0.2, -0.15) is 0 Å². The molecule has 4 aliphatic carbocycles. The van der Waals surface area contributed by atoms with E-state index in [1.165, 1.54) is 32.1 Å². The number of amides is 1. The van der Waals surface area contributed by atoms with Gasteiger partial charge in [0, 0.05) is 6.04 Å². The Balaban J connectivity index is 1.61. The normalized spacial score (nSPS) is 44.7. The van der Waals surface area contributed by atoms with E-state index in [-0.39, 0.29) is 5.91 Å². The molecule has 4 N–H and O–H groups in total. The van der Waals surface area contributed by atoms with Crippen molar-refractivity contribution in [3.05, 3.63) is 0 Å². The Morgan fingerprint density at radius 2 is 1.62 bits per heavy atom. The largest absolute Gasteiger partial charge is 0.305 e. The number of hydrogen-bond donors (Lipinski definition) is 3. The van der Waals surface area contributed by atoms with Crippen molar-refractivity contribution in [2.45, 2.75) is 38.1 Å². The number of hydrazine groups is 1. The molecule has 4 bridgehead atoms. The summed E-state index contributed by atoms with van der Waals surface area (Å²) in [7, 11) is 0. The van der Waals surface area contributed by atoms with E-state index >= 15 is 0 Å². The zero-order valence-electron chi connectivity index (χ0n) is 9.61. The first kappa shape index (κ1) is 10.5. The summed E-state index contributed by atoms with van der Waals surface area (Å²) in [6, 6.07) is 0.574. The lowest BCUT2D eigenvalue weighted by Gasteiger charge is -2.54. The average Bonchev–Trinajstić information content (AvgIpc) is 2.26. The van der Waals surface area contributed by atoms with Gasteiger partial charge in [0.2, 0.25) is 5.91 Å². The fourth-order valence-corrected chi connectivity index (χ4v) is 4.52. The molecule has 4 heteroatoms. The number of nitrogens with one attached hydrogen (secondary N) is 2. The maximum absolute atomic E-state index is 11.1. The lowest BCUT2D eigenvalue weighted by Crippen LogP contribution is -2.56. The van der Waals surface area contributed by atoms with Crippen LogP contribution in [0.4, 0.5) is 0 Å². The first-order valence-corrected chi connectivity index (χ1v) is 6.49. The summed E-state index contributed by atoms with van der Waals surface area (Å²) in [6.45, 7) is 0.378. The molecule has 0 atom stereocenters. The Kier molecular flexibility index (Phi) is 2.64. The van der Waals surface area contributed by atoms with Crippen LogP contribution in [0.1, 0.15) is 32.1 Å². The number of rotatable bonds is 3. The van der Waals surface area contributed by atoms with E-state index in [2.05, 4.69) is 10.7 Å². The van der Waals surface area contributed by atoms with E-state index in [0.717, 1.165) is 23.7 Å². The van der Waals surface area contributed by atoms with Gasteiger partial charge in [0.1, 0.15) is 0 Å². The predicted molar refractivity (Wildman–Crippen MR) is 61.2 cm³/mol. The maximum atomic E-state index is 11.1. The fourth-order valence-electron chi connectivity index (χ4n) is 4.52. The van der Waals surface area contributed by atoms with Gasteiger partial charge in [-0.15, -0.1) is 0 Å². The Bertz CT molecular complexity index is 264. The van der Waals surface area contributed by atoms with E-state index in [9.17, 15) is 4.79 Å². The Morgan fingerprint density at radius 1 is 1.06 bits per heavy atom. The predicted octanol–water partition coefficient (Wildman–Crippen LogP) is 0.391. The Morgan fingerprint density at radius 3 is 2.12 bits per heavy atom. The van der Waals surface area contributed by atoms with Gasteiger partial charge in [0.05, 0.1) is 6.54 Å². The molecule has 4 aliphatic rings. The smallest absolute Gasteiger partial charge is 0.247 e. The van der Waals surface area contributed by atoms with Gasteiger partial charge in [0.15, 0.2) is 0 Å². The van der Waals surface area contributed by atoms with Crippen molar-refractivity contribution in [2.24, 2.45) is 29.5 Å². The molecule has 0 aliphatic heterocycles. The molecule has 1 amide bonds. The molecule has 4 rings (SSSR count). The Hall–Kier alpha value is -0.610. The van der Waals surface area contributed by atoms with Crippen LogP contribution in [0.25, 0.3) is 0 Å². The van der Waals surface area contributed by atoms with Crippen LogP contribution in [-0.4, -0.2) is 18.5 Å². The zero-order chi connectivity index (χ0) is 11.1. The third kappa shape index (κ3) is 1.74. The van der Waals surface area contributed by atoms with Crippen molar-refractivity contribution in [1.29, 1.82) is 0 Å². The van der Waals surface area contributed by atoms with Crippen LogP contribution in [0.5, 0.6) is 0 Å². The summed E-state index contributed by atoms with van der Waals surface area (Å²) >= 11 is 0. The zero-order valence-corrected chi connectivity index (χ0v) is 9.61. The van der Waals surface area contributed by atoms with Crippen molar-refractivity contribution in [3.63, 3.8) is 0 Å². The lowest BCUT2D eigenvalue weighted by molar-refractivity contribution is -0.121. The van der Waals surface area contributed by atoms with E-state index in [0.29, 0.717) is 12.6 Å². The second-order valence-corrected chi connectivity index (χ2v) is 5.90. The summed E-state index contributed by atoms with van der Waals surface area (Å²) in [5.74, 6) is 8.61. The second-order valence-electron chi connectivity index (χ2n) is 5.90. The highest BCUT2D eigenvalue weighted by Gasteiger charge is 2.47. The van der Waals surface area contributed by atoms with Crippen LogP contribution >= 0.6 is 0 Å². The quantitative estimate of drug-likeness (QED) is 0.368. The van der Waals surface area contributed by atoms with E-state index in [1.54, 1.807) is 0 Å². The van der Waals surface area contributed by atoms with Crippen LogP contribution in [0.2, 0.25) is 0 Å². The Labute approximate surface area is 96.3 Å². The van der Waals surface area contributed by atoms with Crippen LogP contribution < -0.4 is 16.6 Å². The lowest BCUT2D eigenvalue weighted by atomic mass is 9.54. The second kappa shape index (κ2) is 4.00. The number of hydrogen-bond acceptors (Lipinski definition) is 3. The summed E-state index contributed by atoms with van der Waals surface area (Å²) in [4.78, 5) is 11.1. The minimum absolute atomic E-state index is 0.103. The highest BCUT2D eigenvalue weighted by Crippen LogP contribution is 2.53. The molecule has 4 nitrogen and oxygen atoms in total. The average molecular weight is 223 g/mol. The number of carbonyl (C=O) groups is 1. The van der Waals surface area contributed by atoms with Crippen LogP contribution in [0, 0.1) is 23.7 Å². The third-order valence-corrected chi connectivity index (χ3v) is 4.89.